The van der Waals surface area contributed by atoms with E-state index in [1.807, 2.05) is 18.2 Å². The number of benzene rings is 1. The Hall–Kier alpha value is -1.10. The van der Waals surface area contributed by atoms with Crippen molar-refractivity contribution in [2.45, 2.75) is 32.4 Å². The summed E-state index contributed by atoms with van der Waals surface area (Å²) >= 11 is 6.07. The molecule has 5 heteroatoms. The molecule has 0 aliphatic heterocycles. The lowest BCUT2D eigenvalue weighted by Crippen LogP contribution is -2.26. The predicted molar refractivity (Wildman–Crippen MR) is 78.6 cm³/mol. The van der Waals surface area contributed by atoms with E-state index in [1.54, 1.807) is 7.11 Å². The molecular weight excluding hydrogens is 262 g/mol. The Bertz CT molecular complexity index is 549. The maximum Gasteiger partial charge on any atom is 0.112 e. The molecule has 1 aromatic carbocycles. The fraction of sp³-hybridized carbons (Fsp3) is 0.500. The number of hydrogen-bond acceptors (Lipinski definition) is 3. The van der Waals surface area contributed by atoms with Crippen LogP contribution in [0.5, 0.6) is 0 Å². The molecular formula is C14H20ClN3O. The van der Waals surface area contributed by atoms with Crippen molar-refractivity contribution in [3.8, 4) is 0 Å². The van der Waals surface area contributed by atoms with E-state index >= 15 is 0 Å². The topological polar surface area (TPSA) is 53.1 Å². The molecule has 0 saturated heterocycles. The fourth-order valence-corrected chi connectivity index (χ4v) is 2.41. The number of ether oxygens (including phenoxy) is 1. The summed E-state index contributed by atoms with van der Waals surface area (Å²) in [5.41, 5.74) is 7.74. The molecule has 0 aliphatic rings. The SMILES string of the molecule is CCCn1c(CC(CN)OC)nc2ccc(Cl)cc21. The Labute approximate surface area is 118 Å². The van der Waals surface area contributed by atoms with Crippen LogP contribution in [-0.4, -0.2) is 29.3 Å². The number of hydrogen-bond donors (Lipinski definition) is 1. The van der Waals surface area contributed by atoms with Crippen molar-refractivity contribution in [3.05, 3.63) is 29.0 Å². The first kappa shape index (κ1) is 14.3. The Morgan fingerprint density at radius 3 is 2.89 bits per heavy atom. The second-order valence-corrected chi connectivity index (χ2v) is 5.05. The van der Waals surface area contributed by atoms with E-state index < -0.39 is 0 Å². The number of aryl methyl sites for hydroxylation is 1. The van der Waals surface area contributed by atoms with E-state index in [2.05, 4.69) is 16.5 Å². The summed E-state index contributed by atoms with van der Waals surface area (Å²) in [6, 6.07) is 5.79. The van der Waals surface area contributed by atoms with Crippen LogP contribution >= 0.6 is 11.6 Å². The van der Waals surface area contributed by atoms with E-state index in [0.717, 1.165) is 41.3 Å². The highest BCUT2D eigenvalue weighted by atomic mass is 35.5. The summed E-state index contributed by atoms with van der Waals surface area (Å²) < 4.78 is 7.56. The minimum atomic E-state index is 0.00268. The average Bonchev–Trinajstić information content (AvgIpc) is 2.74. The minimum Gasteiger partial charge on any atom is -0.380 e. The molecule has 104 valence electrons. The van der Waals surface area contributed by atoms with Gasteiger partial charge >= 0.3 is 0 Å². The number of methoxy groups -OCH3 is 1. The molecule has 1 aromatic heterocycles. The van der Waals surface area contributed by atoms with Gasteiger partial charge in [-0.1, -0.05) is 18.5 Å². The molecule has 1 unspecified atom stereocenters. The molecule has 1 atom stereocenters. The number of fused-ring (bicyclic) bond motifs is 1. The van der Waals surface area contributed by atoms with Crippen LogP contribution in [0.2, 0.25) is 5.02 Å². The van der Waals surface area contributed by atoms with E-state index in [0.29, 0.717) is 6.54 Å². The monoisotopic (exact) mass is 281 g/mol. The number of aromatic nitrogens is 2. The molecule has 2 aromatic rings. The lowest BCUT2D eigenvalue weighted by molar-refractivity contribution is 0.107. The number of nitrogens with zero attached hydrogens (tertiary/aromatic N) is 2. The van der Waals surface area contributed by atoms with Gasteiger partial charge in [-0.2, -0.15) is 0 Å². The Morgan fingerprint density at radius 1 is 1.47 bits per heavy atom. The molecule has 0 radical (unpaired) electrons. The molecule has 0 fully saturated rings. The van der Waals surface area contributed by atoms with E-state index in [4.69, 9.17) is 22.1 Å². The summed E-state index contributed by atoms with van der Waals surface area (Å²) in [6.07, 6.45) is 1.77. The molecule has 0 amide bonds. The van der Waals surface area contributed by atoms with Crippen LogP contribution in [-0.2, 0) is 17.7 Å². The lowest BCUT2D eigenvalue weighted by Gasteiger charge is -2.14. The highest BCUT2D eigenvalue weighted by Crippen LogP contribution is 2.22. The van der Waals surface area contributed by atoms with Crippen molar-refractivity contribution in [2.75, 3.05) is 13.7 Å². The summed E-state index contributed by atoms with van der Waals surface area (Å²) in [7, 11) is 1.68. The number of nitrogens with two attached hydrogens (primary N) is 1. The zero-order valence-corrected chi connectivity index (χ0v) is 12.2. The van der Waals surface area contributed by atoms with Crippen LogP contribution in [0.4, 0.5) is 0 Å². The predicted octanol–water partition coefficient (Wildman–Crippen LogP) is 2.62. The van der Waals surface area contributed by atoms with Gasteiger partial charge in [0.1, 0.15) is 5.82 Å². The van der Waals surface area contributed by atoms with E-state index in [9.17, 15) is 0 Å². The zero-order chi connectivity index (χ0) is 13.8. The van der Waals surface area contributed by atoms with E-state index in [1.165, 1.54) is 0 Å². The van der Waals surface area contributed by atoms with Crippen molar-refractivity contribution in [1.29, 1.82) is 0 Å². The van der Waals surface area contributed by atoms with E-state index in [-0.39, 0.29) is 6.10 Å². The molecule has 19 heavy (non-hydrogen) atoms. The van der Waals surface area contributed by atoms with Gasteiger partial charge in [-0.25, -0.2) is 4.98 Å². The van der Waals surface area contributed by atoms with Gasteiger partial charge in [0.2, 0.25) is 0 Å². The number of rotatable bonds is 6. The molecule has 0 saturated carbocycles. The highest BCUT2D eigenvalue weighted by molar-refractivity contribution is 6.31. The highest BCUT2D eigenvalue weighted by Gasteiger charge is 2.15. The van der Waals surface area contributed by atoms with Crippen LogP contribution in [0.25, 0.3) is 11.0 Å². The molecule has 2 rings (SSSR count). The van der Waals surface area contributed by atoms with Crippen LogP contribution in [0.15, 0.2) is 18.2 Å². The summed E-state index contributed by atoms with van der Waals surface area (Å²) in [5, 5.41) is 0.735. The lowest BCUT2D eigenvalue weighted by atomic mass is 10.2. The summed E-state index contributed by atoms with van der Waals surface area (Å²) in [5.74, 6) is 1.01. The van der Waals surface area contributed by atoms with Gasteiger partial charge in [0.15, 0.2) is 0 Å². The van der Waals surface area contributed by atoms with Gasteiger partial charge in [0.25, 0.3) is 0 Å². The fourth-order valence-electron chi connectivity index (χ4n) is 2.24. The molecule has 0 bridgehead atoms. The van der Waals surface area contributed by atoms with Crippen molar-refractivity contribution in [2.24, 2.45) is 5.73 Å². The summed E-state index contributed by atoms with van der Waals surface area (Å²) in [4.78, 5) is 4.68. The van der Waals surface area contributed by atoms with Gasteiger partial charge < -0.3 is 15.0 Å². The molecule has 2 N–H and O–H groups in total. The third-order valence-corrected chi connectivity index (χ3v) is 3.48. The van der Waals surface area contributed by atoms with Gasteiger partial charge in [-0.3, -0.25) is 0 Å². The van der Waals surface area contributed by atoms with Gasteiger partial charge in [0.05, 0.1) is 17.1 Å². The Balaban J connectivity index is 2.44. The van der Waals surface area contributed by atoms with Crippen molar-refractivity contribution in [1.82, 2.24) is 9.55 Å². The second kappa shape index (κ2) is 6.37. The van der Waals surface area contributed by atoms with Gasteiger partial charge in [0, 0.05) is 31.6 Å². The van der Waals surface area contributed by atoms with Gasteiger partial charge in [-0.05, 0) is 24.6 Å². The minimum absolute atomic E-state index is 0.00268. The first-order chi connectivity index (χ1) is 9.19. The zero-order valence-electron chi connectivity index (χ0n) is 11.4. The second-order valence-electron chi connectivity index (χ2n) is 4.61. The maximum atomic E-state index is 6.07. The number of halogens is 1. The molecule has 4 nitrogen and oxygen atoms in total. The normalized spacial score (nSPS) is 13.1. The van der Waals surface area contributed by atoms with Crippen LogP contribution in [0.3, 0.4) is 0 Å². The average molecular weight is 282 g/mol. The van der Waals surface area contributed by atoms with Crippen molar-refractivity contribution < 1.29 is 4.74 Å². The number of imidazole rings is 1. The van der Waals surface area contributed by atoms with Crippen molar-refractivity contribution in [3.63, 3.8) is 0 Å². The largest absolute Gasteiger partial charge is 0.380 e. The molecule has 1 heterocycles. The molecule has 0 aliphatic carbocycles. The maximum absolute atomic E-state index is 6.07. The standard InChI is InChI=1S/C14H20ClN3O/c1-3-6-18-13-7-10(15)4-5-12(13)17-14(18)8-11(9-16)19-2/h4-5,7,11H,3,6,8-9,16H2,1-2H3. The smallest absolute Gasteiger partial charge is 0.112 e. The third kappa shape index (κ3) is 3.08. The van der Waals surface area contributed by atoms with Crippen LogP contribution < -0.4 is 5.73 Å². The Kier molecular flexibility index (Phi) is 4.80. The third-order valence-electron chi connectivity index (χ3n) is 3.24. The Morgan fingerprint density at radius 2 is 2.26 bits per heavy atom. The first-order valence-electron chi connectivity index (χ1n) is 6.57. The molecule has 0 spiro atoms. The summed E-state index contributed by atoms with van der Waals surface area (Å²) in [6.45, 7) is 3.57. The van der Waals surface area contributed by atoms with Gasteiger partial charge in [-0.15, -0.1) is 0 Å². The van der Waals surface area contributed by atoms with Crippen LogP contribution in [0, 0.1) is 0 Å². The van der Waals surface area contributed by atoms with Crippen LogP contribution in [0.1, 0.15) is 19.2 Å². The first-order valence-corrected chi connectivity index (χ1v) is 6.94. The van der Waals surface area contributed by atoms with Crippen molar-refractivity contribution >= 4 is 22.6 Å². The quantitative estimate of drug-likeness (QED) is 0.885.